The first-order valence-corrected chi connectivity index (χ1v) is 5.91. The van der Waals surface area contributed by atoms with Gasteiger partial charge in [-0.3, -0.25) is 0 Å². The highest BCUT2D eigenvalue weighted by Gasteiger charge is 2.28. The van der Waals surface area contributed by atoms with E-state index in [4.69, 9.17) is 14.5 Å². The van der Waals surface area contributed by atoms with Gasteiger partial charge in [-0.1, -0.05) is 5.16 Å². The monoisotopic (exact) mass is 259 g/mol. The fourth-order valence-electron chi connectivity index (χ4n) is 1.66. The second-order valence-corrected chi connectivity index (χ2v) is 4.37. The highest BCUT2D eigenvalue weighted by Crippen LogP contribution is 2.38. The summed E-state index contributed by atoms with van der Waals surface area (Å²) in [7, 11) is 0. The summed E-state index contributed by atoms with van der Waals surface area (Å²) in [6, 6.07) is 5.88. The van der Waals surface area contributed by atoms with E-state index in [0.717, 1.165) is 18.9 Å². The second kappa shape index (κ2) is 4.69. The van der Waals surface area contributed by atoms with E-state index in [1.807, 2.05) is 6.07 Å². The van der Waals surface area contributed by atoms with Crippen LogP contribution in [0.2, 0.25) is 0 Å². The molecule has 0 N–H and O–H groups in total. The molecule has 0 saturated heterocycles. The number of benzene rings is 1. The maximum atomic E-state index is 13.5. The third-order valence-electron chi connectivity index (χ3n) is 2.84. The van der Waals surface area contributed by atoms with Gasteiger partial charge >= 0.3 is 0 Å². The van der Waals surface area contributed by atoms with Crippen LogP contribution in [0.1, 0.15) is 36.0 Å². The Hall–Kier alpha value is -2.42. The summed E-state index contributed by atoms with van der Waals surface area (Å²) in [6.45, 7) is 0.0164. The van der Waals surface area contributed by atoms with Gasteiger partial charge in [-0.05, 0) is 31.0 Å². The Morgan fingerprint density at radius 3 is 3.00 bits per heavy atom. The minimum absolute atomic E-state index is 0.0164. The van der Waals surface area contributed by atoms with Gasteiger partial charge in [-0.25, -0.2) is 4.39 Å². The van der Waals surface area contributed by atoms with Crippen molar-refractivity contribution in [1.82, 2.24) is 10.1 Å². The normalized spacial score (nSPS) is 14.1. The molecule has 1 aliphatic rings. The maximum Gasteiger partial charge on any atom is 0.264 e. The van der Waals surface area contributed by atoms with Crippen molar-refractivity contribution in [2.45, 2.75) is 25.4 Å². The molecule has 0 spiro atoms. The Kier molecular flexibility index (Phi) is 2.88. The molecule has 1 aromatic carbocycles. The first-order valence-electron chi connectivity index (χ1n) is 5.91. The van der Waals surface area contributed by atoms with Crippen molar-refractivity contribution in [2.75, 3.05) is 0 Å². The van der Waals surface area contributed by atoms with Crippen LogP contribution in [-0.4, -0.2) is 10.1 Å². The van der Waals surface area contributed by atoms with Gasteiger partial charge in [0.15, 0.2) is 24.0 Å². The number of aromatic nitrogens is 2. The molecule has 0 bridgehead atoms. The van der Waals surface area contributed by atoms with E-state index >= 15 is 0 Å². The smallest absolute Gasteiger partial charge is 0.264 e. The van der Waals surface area contributed by atoms with E-state index in [1.54, 1.807) is 0 Å². The lowest BCUT2D eigenvalue weighted by molar-refractivity contribution is 0.234. The molecule has 1 heterocycles. The Labute approximate surface area is 108 Å². The van der Waals surface area contributed by atoms with Gasteiger partial charge in [-0.15, -0.1) is 0 Å². The third-order valence-corrected chi connectivity index (χ3v) is 2.84. The number of nitriles is 1. The Morgan fingerprint density at radius 1 is 1.47 bits per heavy atom. The molecule has 1 fully saturated rings. The van der Waals surface area contributed by atoms with Crippen LogP contribution in [0.5, 0.6) is 5.75 Å². The number of halogens is 1. The lowest BCUT2D eigenvalue weighted by Gasteiger charge is -2.04. The Morgan fingerprint density at radius 2 is 2.32 bits per heavy atom. The molecule has 96 valence electrons. The Balaban J connectivity index is 1.66. The summed E-state index contributed by atoms with van der Waals surface area (Å²) in [5, 5.41) is 12.5. The zero-order valence-corrected chi connectivity index (χ0v) is 9.97. The van der Waals surface area contributed by atoms with Crippen molar-refractivity contribution in [1.29, 1.82) is 5.26 Å². The predicted molar refractivity (Wildman–Crippen MR) is 61.7 cm³/mol. The van der Waals surface area contributed by atoms with Crippen LogP contribution in [0, 0.1) is 17.1 Å². The largest absolute Gasteiger partial charge is 0.481 e. The molecule has 0 atom stereocenters. The third kappa shape index (κ3) is 2.55. The minimum Gasteiger partial charge on any atom is -0.481 e. The lowest BCUT2D eigenvalue weighted by atomic mass is 10.2. The first kappa shape index (κ1) is 11.7. The van der Waals surface area contributed by atoms with Gasteiger partial charge in [-0.2, -0.15) is 10.2 Å². The van der Waals surface area contributed by atoms with E-state index in [-0.39, 0.29) is 17.9 Å². The van der Waals surface area contributed by atoms with Gasteiger partial charge in [0.05, 0.1) is 11.6 Å². The van der Waals surface area contributed by atoms with Crippen molar-refractivity contribution in [2.24, 2.45) is 0 Å². The van der Waals surface area contributed by atoms with Gasteiger partial charge in [0, 0.05) is 5.92 Å². The van der Waals surface area contributed by atoms with E-state index in [0.29, 0.717) is 17.6 Å². The number of ether oxygens (including phenoxy) is 1. The highest BCUT2D eigenvalue weighted by molar-refractivity contribution is 5.35. The van der Waals surface area contributed by atoms with Crippen LogP contribution in [0.15, 0.2) is 22.7 Å². The topological polar surface area (TPSA) is 71.9 Å². The van der Waals surface area contributed by atoms with Crippen molar-refractivity contribution in [3.8, 4) is 11.8 Å². The van der Waals surface area contributed by atoms with E-state index in [9.17, 15) is 4.39 Å². The molecule has 19 heavy (non-hydrogen) atoms. The summed E-state index contributed by atoms with van der Waals surface area (Å²) < 4.78 is 23.8. The standard InChI is InChI=1S/C13H10FN3O2/c14-10-5-8(6-15)1-4-11(10)18-7-12-16-13(17-19-12)9-2-3-9/h1,4-5,9H,2-3,7H2. The van der Waals surface area contributed by atoms with Crippen LogP contribution < -0.4 is 4.74 Å². The average Bonchev–Trinajstić information content (AvgIpc) is 3.17. The number of hydrogen-bond acceptors (Lipinski definition) is 5. The Bertz CT molecular complexity index is 644. The van der Waals surface area contributed by atoms with Crippen molar-refractivity contribution in [3.63, 3.8) is 0 Å². The number of hydrogen-bond donors (Lipinski definition) is 0. The second-order valence-electron chi connectivity index (χ2n) is 4.37. The molecule has 5 nitrogen and oxygen atoms in total. The molecule has 0 amide bonds. The minimum atomic E-state index is -0.582. The van der Waals surface area contributed by atoms with Gasteiger partial charge in [0.2, 0.25) is 0 Å². The summed E-state index contributed by atoms with van der Waals surface area (Å²) in [4.78, 5) is 4.17. The van der Waals surface area contributed by atoms with Crippen LogP contribution in [0.4, 0.5) is 4.39 Å². The zero-order chi connectivity index (χ0) is 13.2. The van der Waals surface area contributed by atoms with Gasteiger partial charge < -0.3 is 9.26 Å². The van der Waals surface area contributed by atoms with Crippen molar-refractivity contribution < 1.29 is 13.7 Å². The number of nitrogens with zero attached hydrogens (tertiary/aromatic N) is 3. The van der Waals surface area contributed by atoms with Crippen molar-refractivity contribution >= 4 is 0 Å². The summed E-state index contributed by atoms with van der Waals surface area (Å²) >= 11 is 0. The zero-order valence-electron chi connectivity index (χ0n) is 9.97. The molecule has 1 saturated carbocycles. The molecule has 0 aliphatic heterocycles. The van der Waals surface area contributed by atoms with Crippen LogP contribution in [-0.2, 0) is 6.61 Å². The molecule has 1 aromatic heterocycles. The van der Waals surface area contributed by atoms with E-state index in [2.05, 4.69) is 10.1 Å². The predicted octanol–water partition coefficient (Wildman–Crippen LogP) is 2.54. The van der Waals surface area contributed by atoms with Gasteiger partial charge in [0.1, 0.15) is 0 Å². The average molecular weight is 259 g/mol. The van der Waals surface area contributed by atoms with Crippen LogP contribution in [0.25, 0.3) is 0 Å². The first-order chi connectivity index (χ1) is 9.26. The molecule has 2 aromatic rings. The maximum absolute atomic E-state index is 13.5. The molecular formula is C13H10FN3O2. The summed E-state index contributed by atoms with van der Waals surface area (Å²) in [5.74, 6) is 0.903. The lowest BCUT2D eigenvalue weighted by Crippen LogP contribution is -1.98. The molecule has 1 aliphatic carbocycles. The highest BCUT2D eigenvalue weighted by atomic mass is 19.1. The SMILES string of the molecule is N#Cc1ccc(OCc2nc(C3CC3)no2)c(F)c1. The molecule has 0 unspecified atom stereocenters. The summed E-state index contributed by atoms with van der Waals surface area (Å²) in [5.41, 5.74) is 0.249. The fraction of sp³-hybridized carbons (Fsp3) is 0.308. The van der Waals surface area contributed by atoms with Crippen LogP contribution >= 0.6 is 0 Å². The molecule has 0 radical (unpaired) electrons. The van der Waals surface area contributed by atoms with E-state index < -0.39 is 5.82 Å². The molecule has 6 heteroatoms. The fourth-order valence-corrected chi connectivity index (χ4v) is 1.66. The van der Waals surface area contributed by atoms with Gasteiger partial charge in [0.25, 0.3) is 5.89 Å². The molecular weight excluding hydrogens is 249 g/mol. The summed E-state index contributed by atoms with van der Waals surface area (Å²) in [6.07, 6.45) is 2.17. The van der Waals surface area contributed by atoms with Crippen LogP contribution in [0.3, 0.4) is 0 Å². The number of rotatable bonds is 4. The molecule has 3 rings (SSSR count). The van der Waals surface area contributed by atoms with Crippen molar-refractivity contribution in [3.05, 3.63) is 41.3 Å². The van der Waals surface area contributed by atoms with E-state index in [1.165, 1.54) is 12.1 Å². The quantitative estimate of drug-likeness (QED) is 0.843.